The molecule has 0 saturated carbocycles. The van der Waals surface area contributed by atoms with Crippen LogP contribution in [0.2, 0.25) is 0 Å². The molecule has 0 unspecified atom stereocenters. The highest BCUT2D eigenvalue weighted by molar-refractivity contribution is 5.78. The van der Waals surface area contributed by atoms with Gasteiger partial charge in [-0.25, -0.2) is 0 Å². The van der Waals surface area contributed by atoms with Crippen molar-refractivity contribution < 1.29 is 14.7 Å². The summed E-state index contributed by atoms with van der Waals surface area (Å²) in [5, 5.41) is 13.2. The van der Waals surface area contributed by atoms with Crippen LogP contribution in [0.15, 0.2) is 12.2 Å². The number of amides is 1. The van der Waals surface area contributed by atoms with Crippen LogP contribution < -0.4 is 5.32 Å². The number of hydrogen-bond acceptors (Lipinski definition) is 3. The van der Waals surface area contributed by atoms with Crippen molar-refractivity contribution in [2.75, 3.05) is 6.54 Å². The van der Waals surface area contributed by atoms with Gasteiger partial charge in [-0.3, -0.25) is 9.59 Å². The molecule has 0 aliphatic carbocycles. The van der Waals surface area contributed by atoms with Gasteiger partial charge in [0.15, 0.2) is 0 Å². The Labute approximate surface area is 370 Å². The van der Waals surface area contributed by atoms with E-state index >= 15 is 0 Å². The third-order valence-corrected chi connectivity index (χ3v) is 12.8. The molecule has 0 aromatic carbocycles. The lowest BCUT2D eigenvalue weighted by molar-refractivity contribution is -0.121. The van der Waals surface area contributed by atoms with Gasteiger partial charge in [0.05, 0.1) is 6.10 Å². The van der Waals surface area contributed by atoms with Crippen molar-refractivity contribution in [2.45, 2.75) is 322 Å². The van der Waals surface area contributed by atoms with Crippen LogP contribution in [0.1, 0.15) is 316 Å². The minimum Gasteiger partial charge on any atom is -0.391 e. The molecule has 0 rings (SSSR count). The summed E-state index contributed by atoms with van der Waals surface area (Å²) in [6.07, 6.45) is 63.9. The van der Waals surface area contributed by atoms with Crippen LogP contribution >= 0.6 is 0 Å². The highest BCUT2D eigenvalue weighted by Crippen LogP contribution is 2.17. The maximum Gasteiger partial charge on any atom is 0.220 e. The zero-order valence-electron chi connectivity index (χ0n) is 40.4. The van der Waals surface area contributed by atoms with Crippen molar-refractivity contribution in [2.24, 2.45) is 0 Å². The number of carbonyl (C=O) groups excluding carboxylic acids is 2. The van der Waals surface area contributed by atoms with E-state index in [9.17, 15) is 14.7 Å². The molecule has 0 spiro atoms. The fourth-order valence-corrected chi connectivity index (χ4v) is 8.60. The second-order valence-corrected chi connectivity index (χ2v) is 18.9. The third kappa shape index (κ3) is 51.1. The summed E-state index contributed by atoms with van der Waals surface area (Å²) in [4.78, 5) is 24.5. The predicted molar refractivity (Wildman–Crippen MR) is 262 cm³/mol. The lowest BCUT2D eigenvalue weighted by Crippen LogP contribution is -2.31. The van der Waals surface area contributed by atoms with E-state index in [-0.39, 0.29) is 5.91 Å². The smallest absolute Gasteiger partial charge is 0.220 e. The van der Waals surface area contributed by atoms with Crippen molar-refractivity contribution in [1.82, 2.24) is 5.32 Å². The van der Waals surface area contributed by atoms with Crippen molar-refractivity contribution in [3.8, 4) is 0 Å². The van der Waals surface area contributed by atoms with Gasteiger partial charge in [-0.05, 0) is 51.4 Å². The number of Topliss-reactive ketones (excluding diaryl/α,β-unsaturated/α-hetero) is 1. The average molecular weight is 830 g/mol. The minimum atomic E-state index is -0.401. The summed E-state index contributed by atoms with van der Waals surface area (Å²) in [5.41, 5.74) is 0. The monoisotopic (exact) mass is 830 g/mol. The van der Waals surface area contributed by atoms with Crippen LogP contribution in [0.25, 0.3) is 0 Å². The predicted octanol–water partition coefficient (Wildman–Crippen LogP) is 18.0. The van der Waals surface area contributed by atoms with Gasteiger partial charge < -0.3 is 10.4 Å². The first-order valence-electron chi connectivity index (χ1n) is 27.2. The molecule has 1 atom stereocenters. The van der Waals surface area contributed by atoms with E-state index in [2.05, 4.69) is 31.3 Å². The van der Waals surface area contributed by atoms with Gasteiger partial charge in [0.2, 0.25) is 5.91 Å². The van der Waals surface area contributed by atoms with Crippen LogP contribution in [0.4, 0.5) is 0 Å². The number of nitrogens with one attached hydrogen (secondary N) is 1. The number of unbranched alkanes of at least 4 members (excludes halogenated alkanes) is 39. The average Bonchev–Trinajstić information content (AvgIpc) is 3.23. The van der Waals surface area contributed by atoms with Crippen molar-refractivity contribution in [3.05, 3.63) is 12.2 Å². The van der Waals surface area contributed by atoms with E-state index in [1.165, 1.54) is 244 Å². The molecule has 0 aromatic heterocycles. The van der Waals surface area contributed by atoms with Crippen molar-refractivity contribution in [1.29, 1.82) is 0 Å². The quantitative estimate of drug-likeness (QED) is 0.0474. The van der Waals surface area contributed by atoms with Crippen LogP contribution in [-0.2, 0) is 9.59 Å². The van der Waals surface area contributed by atoms with Gasteiger partial charge >= 0.3 is 0 Å². The Bertz CT molecular complexity index is 855. The zero-order valence-corrected chi connectivity index (χ0v) is 40.4. The molecule has 0 bridgehead atoms. The fraction of sp³-hybridized carbons (Fsp3) is 0.927. The lowest BCUT2D eigenvalue weighted by Gasteiger charge is -2.12. The van der Waals surface area contributed by atoms with Crippen LogP contribution in [0.5, 0.6) is 0 Å². The fourth-order valence-electron chi connectivity index (χ4n) is 8.60. The van der Waals surface area contributed by atoms with Gasteiger partial charge in [-0.1, -0.05) is 257 Å². The van der Waals surface area contributed by atoms with Gasteiger partial charge in [-0.15, -0.1) is 0 Å². The summed E-state index contributed by atoms with van der Waals surface area (Å²) in [5.74, 6) is 0.597. The summed E-state index contributed by atoms with van der Waals surface area (Å²) in [7, 11) is 0. The van der Waals surface area contributed by atoms with Crippen LogP contribution in [0.3, 0.4) is 0 Å². The number of aliphatic hydroxyl groups is 1. The largest absolute Gasteiger partial charge is 0.391 e. The Kier molecular flexibility index (Phi) is 50.2. The number of aliphatic hydroxyl groups excluding tert-OH is 1. The van der Waals surface area contributed by atoms with E-state index in [1.807, 2.05) is 0 Å². The molecular weight excluding hydrogens is 723 g/mol. The van der Waals surface area contributed by atoms with Gasteiger partial charge in [-0.2, -0.15) is 0 Å². The van der Waals surface area contributed by atoms with E-state index in [0.717, 1.165) is 51.4 Å². The molecule has 0 aromatic rings. The van der Waals surface area contributed by atoms with E-state index < -0.39 is 6.10 Å². The normalized spacial score (nSPS) is 12.2. The summed E-state index contributed by atoms with van der Waals surface area (Å²) >= 11 is 0. The molecule has 0 saturated heterocycles. The second-order valence-electron chi connectivity index (χ2n) is 18.9. The third-order valence-electron chi connectivity index (χ3n) is 12.8. The maximum atomic E-state index is 12.3. The number of carbonyl (C=O) groups is 2. The second kappa shape index (κ2) is 51.2. The Morgan fingerprint density at radius 2 is 0.644 bits per heavy atom. The highest BCUT2D eigenvalue weighted by atomic mass is 16.3. The topological polar surface area (TPSA) is 66.4 Å². The molecule has 0 heterocycles. The first-order chi connectivity index (χ1) is 29.1. The standard InChI is InChI=1S/C55H107NO3/c1-3-5-7-9-11-13-15-17-19-20-21-22-23-25-28-32-36-40-44-48-53(57)49-45-41-37-33-29-26-27-31-35-39-43-47-51-55(59)56-52-54(58)50-46-42-38-34-30-24-18-16-14-12-10-8-6-4-2/h17,19,54,58H,3-16,18,20-52H2,1-2H3,(H,56,59)/t54-/m1/s1. The summed E-state index contributed by atoms with van der Waals surface area (Å²) < 4.78 is 0. The molecule has 350 valence electrons. The lowest BCUT2D eigenvalue weighted by atomic mass is 10.0. The molecule has 4 heteroatoms. The van der Waals surface area contributed by atoms with Gasteiger partial charge in [0.1, 0.15) is 5.78 Å². The number of ketones is 1. The van der Waals surface area contributed by atoms with Crippen molar-refractivity contribution >= 4 is 11.7 Å². The SMILES string of the molecule is CCCCCCCCC=CCCCCCCCCCCCC(=O)CCCCCCCCCCCCCCC(=O)NC[C@H](O)CCCCCCCCCCCCCCCC. The molecule has 0 fully saturated rings. The van der Waals surface area contributed by atoms with Crippen molar-refractivity contribution in [3.63, 3.8) is 0 Å². The first-order valence-corrected chi connectivity index (χ1v) is 27.2. The van der Waals surface area contributed by atoms with Crippen LogP contribution in [0, 0.1) is 0 Å². The Morgan fingerprint density at radius 3 is 0.983 bits per heavy atom. The van der Waals surface area contributed by atoms with Gasteiger partial charge in [0, 0.05) is 25.8 Å². The van der Waals surface area contributed by atoms with E-state index in [4.69, 9.17) is 0 Å². The Balaban J connectivity index is 3.30. The highest BCUT2D eigenvalue weighted by Gasteiger charge is 2.07. The Morgan fingerprint density at radius 1 is 0.373 bits per heavy atom. The number of hydrogen-bond donors (Lipinski definition) is 2. The number of allylic oxidation sites excluding steroid dienone is 2. The Hall–Kier alpha value is -1.16. The molecule has 4 nitrogen and oxygen atoms in total. The number of rotatable bonds is 51. The van der Waals surface area contributed by atoms with Gasteiger partial charge in [0.25, 0.3) is 0 Å². The molecule has 2 N–H and O–H groups in total. The van der Waals surface area contributed by atoms with Crippen LogP contribution in [-0.4, -0.2) is 29.4 Å². The molecule has 1 amide bonds. The van der Waals surface area contributed by atoms with E-state index in [1.54, 1.807) is 0 Å². The molecule has 59 heavy (non-hydrogen) atoms. The first kappa shape index (κ1) is 57.8. The summed E-state index contributed by atoms with van der Waals surface area (Å²) in [6, 6.07) is 0. The maximum absolute atomic E-state index is 12.3. The molecular formula is C55H107NO3. The minimum absolute atomic E-state index is 0.101. The molecule has 0 aliphatic rings. The molecule has 0 aliphatic heterocycles. The van der Waals surface area contributed by atoms with E-state index in [0.29, 0.717) is 18.7 Å². The summed E-state index contributed by atoms with van der Waals surface area (Å²) in [6.45, 7) is 4.98. The molecule has 0 radical (unpaired) electrons. The zero-order chi connectivity index (χ0) is 42.8.